The molecule has 0 heterocycles. The van der Waals surface area contributed by atoms with Gasteiger partial charge in [0.25, 0.3) is 0 Å². The quantitative estimate of drug-likeness (QED) is 0.453. The molecule has 37 valence electrons. The molecule has 0 spiro atoms. The Morgan fingerprint density at radius 2 is 2.00 bits per heavy atom. The van der Waals surface area contributed by atoms with Crippen molar-refractivity contribution in [3.8, 4) is 0 Å². The summed E-state index contributed by atoms with van der Waals surface area (Å²) >= 11 is 0. The minimum absolute atomic E-state index is 0. The summed E-state index contributed by atoms with van der Waals surface area (Å²) in [5.74, 6) is -0.433. The predicted molar refractivity (Wildman–Crippen MR) is 24.5 cm³/mol. The van der Waals surface area contributed by atoms with Crippen molar-refractivity contribution in [1.82, 2.24) is 0 Å². The molecule has 0 unspecified atom stereocenters. The minimum Gasteiger partial charge on any atom is -0.299 e. The van der Waals surface area contributed by atoms with E-state index in [0.717, 1.165) is 0 Å². The Bertz CT molecular complexity index is 54.1. The second kappa shape index (κ2) is 7.48. The molecule has 0 bridgehead atoms. The maximum atomic E-state index is 9.70. The third-order valence-corrected chi connectivity index (χ3v) is 0.201. The fraction of sp³-hybridized carbons (Fsp3) is 0.667. The third kappa shape index (κ3) is 11.2. The molecule has 0 aliphatic carbocycles. The van der Waals surface area contributed by atoms with Gasteiger partial charge in [0.2, 0.25) is 0 Å². The number of hydrogen-bond donors (Lipinski definition) is 0. The maximum Gasteiger partial charge on any atom is 0.339 e. The summed E-state index contributed by atoms with van der Waals surface area (Å²) in [4.78, 5) is 17.6. The summed E-state index contributed by atoms with van der Waals surface area (Å²) in [6, 6.07) is 0. The van der Waals surface area contributed by atoms with Gasteiger partial charge in [0.1, 0.15) is 0 Å². The Morgan fingerprint density at radius 1 is 1.57 bits per heavy atom. The summed E-state index contributed by atoms with van der Waals surface area (Å²) in [5, 5.41) is 0. The van der Waals surface area contributed by atoms with Crippen molar-refractivity contribution in [2.75, 3.05) is 7.11 Å². The molecule has 1 radical (unpaired) electrons. The van der Waals surface area contributed by atoms with E-state index in [-0.39, 0.29) is 68.9 Å². The van der Waals surface area contributed by atoms with Crippen LogP contribution in [0.15, 0.2) is 0 Å². The van der Waals surface area contributed by atoms with Gasteiger partial charge in [-0.25, -0.2) is 4.79 Å². The molecule has 0 aromatic rings. The topological polar surface area (TPSA) is 35.5 Å². The minimum atomic E-state index is -0.433. The van der Waals surface area contributed by atoms with E-state index in [1.165, 1.54) is 14.0 Å². The standard InChI is InChI=1S/C3H6O3.Cs/c1-3(4)6-5-2;/h1-2H3;. The van der Waals surface area contributed by atoms with Gasteiger partial charge in [-0.1, -0.05) is 0 Å². The van der Waals surface area contributed by atoms with Crippen molar-refractivity contribution in [2.24, 2.45) is 0 Å². The molecule has 0 aliphatic heterocycles. The largest absolute Gasteiger partial charge is 0.339 e. The molecule has 4 heteroatoms. The summed E-state index contributed by atoms with van der Waals surface area (Å²) < 4.78 is 0. The molecule has 0 saturated heterocycles. The molecule has 0 saturated carbocycles. The predicted octanol–water partition coefficient (Wildman–Crippen LogP) is -0.270. The van der Waals surface area contributed by atoms with Gasteiger partial charge in [0, 0.05) is 75.8 Å². The SMILES string of the molecule is COOC(C)=O.[Cs]. The second-order valence-corrected chi connectivity index (χ2v) is 0.742. The molecule has 0 amide bonds. The zero-order valence-corrected chi connectivity index (χ0v) is 11.0. The van der Waals surface area contributed by atoms with Crippen LogP contribution in [0.2, 0.25) is 0 Å². The Kier molecular flexibility index (Phi) is 12.1. The van der Waals surface area contributed by atoms with E-state index >= 15 is 0 Å². The average Bonchev–Trinajstić information content (AvgIpc) is 1.35. The van der Waals surface area contributed by atoms with Crippen molar-refractivity contribution >= 4 is 74.9 Å². The number of rotatable bonds is 1. The van der Waals surface area contributed by atoms with Crippen molar-refractivity contribution in [2.45, 2.75) is 6.92 Å². The summed E-state index contributed by atoms with van der Waals surface area (Å²) in [6.45, 7) is 1.27. The van der Waals surface area contributed by atoms with Crippen LogP contribution in [0.4, 0.5) is 0 Å². The van der Waals surface area contributed by atoms with E-state index in [9.17, 15) is 4.79 Å². The molecular formula is C3H6CsO3. The molecule has 0 atom stereocenters. The van der Waals surface area contributed by atoms with Gasteiger partial charge in [0.05, 0.1) is 7.11 Å². The maximum absolute atomic E-state index is 9.70. The van der Waals surface area contributed by atoms with Crippen molar-refractivity contribution < 1.29 is 14.6 Å². The van der Waals surface area contributed by atoms with Gasteiger partial charge in [-0.2, -0.15) is 4.89 Å². The Balaban J connectivity index is 0. The van der Waals surface area contributed by atoms with Gasteiger partial charge >= 0.3 is 5.97 Å². The fourth-order valence-corrected chi connectivity index (χ4v) is 0.117. The molecule has 7 heavy (non-hydrogen) atoms. The van der Waals surface area contributed by atoms with Crippen LogP contribution in [-0.2, 0) is 14.6 Å². The van der Waals surface area contributed by atoms with Gasteiger partial charge < -0.3 is 0 Å². The van der Waals surface area contributed by atoms with Gasteiger partial charge in [-0.15, -0.1) is 0 Å². The fourth-order valence-electron chi connectivity index (χ4n) is 0.117. The van der Waals surface area contributed by atoms with Crippen molar-refractivity contribution in [3.05, 3.63) is 0 Å². The molecule has 3 nitrogen and oxygen atoms in total. The average molecular weight is 223 g/mol. The van der Waals surface area contributed by atoms with Crippen LogP contribution in [0, 0.1) is 0 Å². The molecule has 0 aromatic carbocycles. The smallest absolute Gasteiger partial charge is 0.299 e. The number of hydrogen-bond acceptors (Lipinski definition) is 3. The number of carbonyl (C=O) groups is 1. The Labute approximate surface area is 101 Å². The third-order valence-electron chi connectivity index (χ3n) is 0.201. The van der Waals surface area contributed by atoms with Gasteiger partial charge in [-0.05, 0) is 0 Å². The van der Waals surface area contributed by atoms with Crippen molar-refractivity contribution in [3.63, 3.8) is 0 Å². The summed E-state index contributed by atoms with van der Waals surface area (Å²) in [7, 11) is 1.28. The first-order valence-electron chi connectivity index (χ1n) is 1.48. The van der Waals surface area contributed by atoms with Crippen LogP contribution >= 0.6 is 0 Å². The molecule has 0 fully saturated rings. The number of carbonyl (C=O) groups excluding carboxylic acids is 1. The van der Waals surface area contributed by atoms with E-state index in [1.807, 2.05) is 0 Å². The van der Waals surface area contributed by atoms with Crippen LogP contribution in [0.25, 0.3) is 0 Å². The molecule has 0 rings (SSSR count). The Morgan fingerprint density at radius 3 is 2.00 bits per heavy atom. The normalized spacial score (nSPS) is 6.57. The van der Waals surface area contributed by atoms with Crippen LogP contribution in [0.5, 0.6) is 0 Å². The molecule has 0 N–H and O–H groups in total. The zero-order valence-electron chi connectivity index (χ0n) is 4.72. The first kappa shape index (κ1) is 11.3. The monoisotopic (exact) mass is 223 g/mol. The molecule has 0 aromatic heterocycles. The summed E-state index contributed by atoms with van der Waals surface area (Å²) in [5.41, 5.74) is 0. The van der Waals surface area contributed by atoms with Gasteiger partial charge in [0.15, 0.2) is 0 Å². The van der Waals surface area contributed by atoms with Crippen LogP contribution in [0.1, 0.15) is 6.92 Å². The second-order valence-electron chi connectivity index (χ2n) is 0.742. The summed E-state index contributed by atoms with van der Waals surface area (Å²) in [6.07, 6.45) is 0. The Hall–Kier alpha value is 1.48. The van der Waals surface area contributed by atoms with Gasteiger partial charge in [-0.3, -0.25) is 4.89 Å². The molecular weight excluding hydrogens is 217 g/mol. The van der Waals surface area contributed by atoms with E-state index in [0.29, 0.717) is 0 Å². The van der Waals surface area contributed by atoms with E-state index in [1.54, 1.807) is 0 Å². The first-order valence-corrected chi connectivity index (χ1v) is 1.48. The van der Waals surface area contributed by atoms with E-state index in [2.05, 4.69) is 9.78 Å². The van der Waals surface area contributed by atoms with E-state index in [4.69, 9.17) is 0 Å². The van der Waals surface area contributed by atoms with Crippen LogP contribution in [-0.4, -0.2) is 82.0 Å². The van der Waals surface area contributed by atoms with Crippen LogP contribution in [0.3, 0.4) is 0 Å². The van der Waals surface area contributed by atoms with Crippen molar-refractivity contribution in [1.29, 1.82) is 0 Å². The zero-order chi connectivity index (χ0) is 4.99. The molecule has 0 aliphatic rings. The first-order chi connectivity index (χ1) is 2.77. The van der Waals surface area contributed by atoms with E-state index < -0.39 is 5.97 Å². The van der Waals surface area contributed by atoms with Crippen LogP contribution < -0.4 is 0 Å².